The zero-order valence-electron chi connectivity index (χ0n) is 19.9. The number of rotatable bonds is 3. The lowest BCUT2D eigenvalue weighted by Crippen LogP contribution is -2.53. The first-order chi connectivity index (χ1) is 17.6. The van der Waals surface area contributed by atoms with E-state index in [9.17, 15) is 28.0 Å². The van der Waals surface area contributed by atoms with Gasteiger partial charge in [-0.05, 0) is 41.5 Å². The number of benzene rings is 2. The number of alkyl halides is 3. The van der Waals surface area contributed by atoms with E-state index in [0.717, 1.165) is 12.1 Å². The van der Waals surface area contributed by atoms with Crippen molar-refractivity contribution >= 4 is 17.6 Å². The van der Waals surface area contributed by atoms with Crippen LogP contribution in [0.5, 0.6) is 0 Å². The molecule has 3 aromatic rings. The Morgan fingerprint density at radius 2 is 1.92 bits per heavy atom. The highest BCUT2D eigenvalue weighted by atomic mass is 19.4. The number of halogens is 3. The minimum atomic E-state index is -4.59. The van der Waals surface area contributed by atoms with Crippen molar-refractivity contribution in [1.29, 1.82) is 5.26 Å². The number of amides is 3. The van der Waals surface area contributed by atoms with Crippen molar-refractivity contribution in [2.75, 3.05) is 18.5 Å². The van der Waals surface area contributed by atoms with Gasteiger partial charge in [0, 0.05) is 44.5 Å². The van der Waals surface area contributed by atoms with E-state index in [2.05, 4.69) is 16.5 Å². The van der Waals surface area contributed by atoms with Crippen molar-refractivity contribution in [3.8, 4) is 17.2 Å². The van der Waals surface area contributed by atoms with Crippen molar-refractivity contribution in [2.45, 2.75) is 18.6 Å². The second-order valence-electron chi connectivity index (χ2n) is 8.86. The third-order valence-electron chi connectivity index (χ3n) is 6.55. The fourth-order valence-electron chi connectivity index (χ4n) is 4.87. The quantitative estimate of drug-likeness (QED) is 0.571. The van der Waals surface area contributed by atoms with Gasteiger partial charge in [0.25, 0.3) is 5.91 Å². The molecule has 3 amide bonds. The van der Waals surface area contributed by atoms with Crippen molar-refractivity contribution in [3.63, 3.8) is 0 Å². The number of likely N-dealkylation sites (N-methyl/N-ethyl adjacent to an activating group) is 1. The van der Waals surface area contributed by atoms with Gasteiger partial charge in [0.2, 0.25) is 0 Å². The lowest BCUT2D eigenvalue weighted by Gasteiger charge is -2.44. The second kappa shape index (κ2) is 8.81. The van der Waals surface area contributed by atoms with Crippen LogP contribution in [-0.4, -0.2) is 40.2 Å². The molecule has 2 aliphatic heterocycles. The highest BCUT2D eigenvalue weighted by Crippen LogP contribution is 2.44. The van der Waals surface area contributed by atoms with E-state index in [-0.39, 0.29) is 24.2 Å². The van der Waals surface area contributed by atoms with Gasteiger partial charge in [-0.1, -0.05) is 12.1 Å². The molecule has 0 fully saturated rings. The fourth-order valence-corrected chi connectivity index (χ4v) is 4.87. The van der Waals surface area contributed by atoms with Crippen LogP contribution in [-0.2, 0) is 18.0 Å². The number of hydrogen-bond acceptors (Lipinski definition) is 4. The third-order valence-corrected chi connectivity index (χ3v) is 6.55. The van der Waals surface area contributed by atoms with Gasteiger partial charge in [-0.15, -0.1) is 0 Å². The molecule has 2 aliphatic rings. The molecule has 188 valence electrons. The summed E-state index contributed by atoms with van der Waals surface area (Å²) < 4.78 is 41.9. The molecule has 3 heterocycles. The lowest BCUT2D eigenvalue weighted by molar-refractivity contribution is -0.137. The standard InChI is InChI=1S/C26H21F3N6O2/c1-33-14-16(13-32-33)20-10-15(12-30)6-7-19(20)23-22-21(8-9-31-24(22)36)35(25(37)34(23)2)18-5-3-4-17(11-18)26(27,28)29/h3-7,10-11,13-14,23H,8-9H2,1-2H3,(H,31,36)/t23-/m0/s1. The molecule has 0 radical (unpaired) electrons. The summed E-state index contributed by atoms with van der Waals surface area (Å²) in [5.74, 6) is -0.413. The van der Waals surface area contributed by atoms with Crippen LogP contribution in [0.4, 0.5) is 23.7 Å². The summed E-state index contributed by atoms with van der Waals surface area (Å²) in [6.45, 7) is 0.236. The SMILES string of the molecule is CN1C(=O)N(c2cccc(C(F)(F)F)c2)C2=C(C(=O)NCC2)[C@@H]1c1ccc(C#N)cc1-c1cnn(C)c1. The van der Waals surface area contributed by atoms with Gasteiger partial charge >= 0.3 is 12.2 Å². The van der Waals surface area contributed by atoms with Crippen LogP contribution in [0.25, 0.3) is 11.1 Å². The average Bonchev–Trinajstić information content (AvgIpc) is 3.31. The van der Waals surface area contributed by atoms with Gasteiger partial charge in [0.05, 0.1) is 40.7 Å². The van der Waals surface area contributed by atoms with Crippen molar-refractivity contribution < 1.29 is 22.8 Å². The molecular formula is C26H21F3N6O2. The van der Waals surface area contributed by atoms with E-state index >= 15 is 0 Å². The summed E-state index contributed by atoms with van der Waals surface area (Å²) in [6, 6.07) is 10.2. The molecular weight excluding hydrogens is 485 g/mol. The minimum Gasteiger partial charge on any atom is -0.352 e. The van der Waals surface area contributed by atoms with Gasteiger partial charge in [0.1, 0.15) is 0 Å². The number of nitrogens with zero attached hydrogens (tertiary/aromatic N) is 5. The van der Waals surface area contributed by atoms with E-state index in [1.54, 1.807) is 42.3 Å². The van der Waals surface area contributed by atoms with Crippen LogP contribution in [0.2, 0.25) is 0 Å². The molecule has 37 heavy (non-hydrogen) atoms. The normalized spacial score (nSPS) is 18.0. The van der Waals surface area contributed by atoms with Crippen molar-refractivity contribution in [1.82, 2.24) is 20.0 Å². The van der Waals surface area contributed by atoms with E-state index in [0.29, 0.717) is 28.0 Å². The summed E-state index contributed by atoms with van der Waals surface area (Å²) in [7, 11) is 3.25. The zero-order chi connectivity index (χ0) is 26.5. The van der Waals surface area contributed by atoms with E-state index < -0.39 is 29.7 Å². The predicted molar refractivity (Wildman–Crippen MR) is 128 cm³/mol. The van der Waals surface area contributed by atoms with Crippen LogP contribution in [0.3, 0.4) is 0 Å². The molecule has 5 rings (SSSR count). The van der Waals surface area contributed by atoms with Crippen LogP contribution in [0, 0.1) is 11.3 Å². The molecule has 0 bridgehead atoms. The van der Waals surface area contributed by atoms with Crippen molar-refractivity contribution in [3.05, 3.63) is 82.8 Å². The number of anilines is 1. The first-order valence-electron chi connectivity index (χ1n) is 11.4. The summed E-state index contributed by atoms with van der Waals surface area (Å²) >= 11 is 0. The van der Waals surface area contributed by atoms with Crippen LogP contribution in [0.15, 0.2) is 66.1 Å². The first-order valence-corrected chi connectivity index (χ1v) is 11.4. The fraction of sp³-hybridized carbons (Fsp3) is 0.231. The largest absolute Gasteiger partial charge is 0.416 e. The monoisotopic (exact) mass is 506 g/mol. The summed E-state index contributed by atoms with van der Waals surface area (Å²) in [4.78, 5) is 29.5. The first kappa shape index (κ1) is 24.1. The van der Waals surface area contributed by atoms with E-state index in [1.807, 2.05) is 0 Å². The van der Waals surface area contributed by atoms with Gasteiger partial charge in [-0.3, -0.25) is 14.4 Å². The summed E-state index contributed by atoms with van der Waals surface area (Å²) in [6.07, 6.45) is -0.955. The number of aromatic nitrogens is 2. The third kappa shape index (κ3) is 4.10. The van der Waals surface area contributed by atoms with Crippen LogP contribution < -0.4 is 10.2 Å². The highest BCUT2D eigenvalue weighted by molar-refractivity contribution is 6.06. The Hall–Kier alpha value is -4.59. The second-order valence-corrected chi connectivity index (χ2v) is 8.86. The average molecular weight is 506 g/mol. The maximum absolute atomic E-state index is 13.7. The van der Waals surface area contributed by atoms with Gasteiger partial charge in [-0.2, -0.15) is 23.5 Å². The van der Waals surface area contributed by atoms with Gasteiger partial charge < -0.3 is 10.2 Å². The molecule has 8 nitrogen and oxygen atoms in total. The van der Waals surface area contributed by atoms with Gasteiger partial charge in [-0.25, -0.2) is 4.79 Å². The molecule has 1 N–H and O–H groups in total. The summed E-state index contributed by atoms with van der Waals surface area (Å²) in [5, 5.41) is 16.5. The molecule has 11 heteroatoms. The maximum Gasteiger partial charge on any atom is 0.416 e. The van der Waals surface area contributed by atoms with Gasteiger partial charge in [0.15, 0.2) is 0 Å². The lowest BCUT2D eigenvalue weighted by atomic mass is 9.85. The Bertz CT molecular complexity index is 1500. The molecule has 2 aromatic carbocycles. The molecule has 0 saturated carbocycles. The topological polar surface area (TPSA) is 94.3 Å². The molecule has 0 saturated heterocycles. The Labute approximate surface area is 210 Å². The molecule has 1 aromatic heterocycles. The number of urea groups is 1. The maximum atomic E-state index is 13.7. The number of hydrogen-bond donors (Lipinski definition) is 1. The van der Waals surface area contributed by atoms with Crippen molar-refractivity contribution in [2.24, 2.45) is 7.05 Å². The number of carbonyl (C=O) groups excluding carboxylic acids is 2. The number of aryl methyl sites for hydroxylation is 1. The number of carbonyl (C=O) groups is 2. The predicted octanol–water partition coefficient (Wildman–Crippen LogP) is 4.36. The van der Waals surface area contributed by atoms with Crippen LogP contribution in [0.1, 0.15) is 29.2 Å². The molecule has 0 unspecified atom stereocenters. The van der Waals surface area contributed by atoms with E-state index in [1.165, 1.54) is 29.0 Å². The zero-order valence-corrected chi connectivity index (χ0v) is 19.9. The smallest absolute Gasteiger partial charge is 0.352 e. The Morgan fingerprint density at radius 3 is 2.59 bits per heavy atom. The Kier molecular flexibility index (Phi) is 5.75. The summed E-state index contributed by atoms with van der Waals surface area (Å²) in [5.41, 5.74) is 2.04. The molecule has 0 aliphatic carbocycles. The highest BCUT2D eigenvalue weighted by Gasteiger charge is 2.44. The Morgan fingerprint density at radius 1 is 1.14 bits per heavy atom. The minimum absolute atomic E-state index is 0.0274. The van der Waals surface area contributed by atoms with Crippen LogP contribution >= 0.6 is 0 Å². The molecule has 0 spiro atoms. The van der Waals surface area contributed by atoms with E-state index in [4.69, 9.17) is 0 Å². The Balaban J connectivity index is 1.73. The number of nitriles is 1. The molecule has 1 atom stereocenters. The number of nitrogens with one attached hydrogen (secondary N) is 1.